The molecule has 0 heteroatoms. The van der Waals surface area contributed by atoms with Crippen LogP contribution in [0.15, 0.2) is 36.9 Å². The van der Waals surface area contributed by atoms with E-state index in [0.29, 0.717) is 0 Å². The molecule has 120 valence electrons. The van der Waals surface area contributed by atoms with Crippen LogP contribution in [-0.2, 0) is 17.3 Å². The van der Waals surface area contributed by atoms with Crippen molar-refractivity contribution in [1.29, 1.82) is 0 Å². The molecule has 2 aromatic rings. The monoisotopic (exact) mass is 304 g/mol. The van der Waals surface area contributed by atoms with E-state index in [4.69, 9.17) is 0 Å². The Balaban J connectivity index is 2.18. The van der Waals surface area contributed by atoms with Crippen LogP contribution in [0.1, 0.15) is 69.4 Å². The maximum atomic E-state index is 4.06. The Kier molecular flexibility index (Phi) is 3.55. The summed E-state index contributed by atoms with van der Waals surface area (Å²) in [5.41, 5.74) is 10.1. The summed E-state index contributed by atoms with van der Waals surface area (Å²) in [4.78, 5) is 0. The minimum absolute atomic E-state index is 0.165. The Labute approximate surface area is 141 Å². The van der Waals surface area contributed by atoms with Gasteiger partial charge in [-0.3, -0.25) is 0 Å². The third-order valence-electron chi connectivity index (χ3n) is 4.96. The van der Waals surface area contributed by atoms with Gasteiger partial charge in [-0.15, -0.1) is 0 Å². The first-order valence-electron chi connectivity index (χ1n) is 8.55. The van der Waals surface area contributed by atoms with Crippen molar-refractivity contribution in [3.05, 3.63) is 64.7 Å². The molecule has 2 aromatic carbocycles. The fourth-order valence-electron chi connectivity index (χ4n) is 3.44. The highest BCUT2D eigenvalue weighted by Crippen LogP contribution is 2.43. The number of fused-ring (bicyclic) bond motifs is 3. The normalized spacial score (nSPS) is 13.7. The zero-order valence-electron chi connectivity index (χ0n) is 15.4. The zero-order chi connectivity index (χ0) is 17.0. The first kappa shape index (κ1) is 16.1. The van der Waals surface area contributed by atoms with Crippen LogP contribution in [-0.4, -0.2) is 0 Å². The molecule has 0 atom stereocenters. The standard InChI is InChI=1S/C23H28/c1-8-15-12-19(23(5,6)7)14-17-11-16-13-18(22(2,3)4)9-10-20(16)21(15)17/h8-10,12-14H,1,11H2,2-7H3. The van der Waals surface area contributed by atoms with Crippen LogP contribution in [0.5, 0.6) is 0 Å². The van der Waals surface area contributed by atoms with Crippen LogP contribution in [0.25, 0.3) is 17.2 Å². The second-order valence-corrected chi connectivity index (χ2v) is 8.85. The van der Waals surface area contributed by atoms with Gasteiger partial charge in [-0.25, -0.2) is 0 Å². The van der Waals surface area contributed by atoms with E-state index in [-0.39, 0.29) is 10.8 Å². The second kappa shape index (κ2) is 5.09. The van der Waals surface area contributed by atoms with Crippen LogP contribution in [0.2, 0.25) is 0 Å². The molecule has 0 fully saturated rings. The lowest BCUT2D eigenvalue weighted by Gasteiger charge is -2.22. The molecular weight excluding hydrogens is 276 g/mol. The lowest BCUT2D eigenvalue weighted by Crippen LogP contribution is -2.12. The van der Waals surface area contributed by atoms with Crippen molar-refractivity contribution >= 4 is 6.08 Å². The van der Waals surface area contributed by atoms with Gasteiger partial charge in [-0.05, 0) is 56.2 Å². The summed E-state index contributed by atoms with van der Waals surface area (Å²) in [5, 5.41) is 0. The van der Waals surface area contributed by atoms with Gasteiger partial charge in [0.05, 0.1) is 0 Å². The quantitative estimate of drug-likeness (QED) is 0.481. The van der Waals surface area contributed by atoms with Crippen LogP contribution in [0, 0.1) is 0 Å². The number of benzene rings is 2. The van der Waals surface area contributed by atoms with Crippen molar-refractivity contribution in [3.63, 3.8) is 0 Å². The Hall–Kier alpha value is -1.82. The number of hydrogen-bond acceptors (Lipinski definition) is 0. The van der Waals surface area contributed by atoms with Crippen LogP contribution in [0.3, 0.4) is 0 Å². The maximum absolute atomic E-state index is 4.06. The Morgan fingerprint density at radius 3 is 2.00 bits per heavy atom. The predicted octanol–water partition coefficient (Wildman–Crippen LogP) is 6.50. The van der Waals surface area contributed by atoms with E-state index in [1.807, 2.05) is 6.08 Å². The fraction of sp³-hybridized carbons (Fsp3) is 0.391. The molecule has 0 unspecified atom stereocenters. The summed E-state index contributed by atoms with van der Waals surface area (Å²) >= 11 is 0. The van der Waals surface area contributed by atoms with Gasteiger partial charge >= 0.3 is 0 Å². The molecule has 0 nitrogen and oxygen atoms in total. The minimum Gasteiger partial charge on any atom is -0.0984 e. The van der Waals surface area contributed by atoms with Gasteiger partial charge in [0.25, 0.3) is 0 Å². The number of hydrogen-bond donors (Lipinski definition) is 0. The lowest BCUT2D eigenvalue weighted by atomic mass is 9.83. The van der Waals surface area contributed by atoms with E-state index in [1.54, 1.807) is 0 Å². The van der Waals surface area contributed by atoms with Gasteiger partial charge in [0.1, 0.15) is 0 Å². The largest absolute Gasteiger partial charge is 0.0984 e. The van der Waals surface area contributed by atoms with Gasteiger partial charge in [0.15, 0.2) is 0 Å². The molecule has 0 bridgehead atoms. The van der Waals surface area contributed by atoms with Crippen molar-refractivity contribution in [1.82, 2.24) is 0 Å². The van der Waals surface area contributed by atoms with E-state index in [0.717, 1.165) is 6.42 Å². The number of rotatable bonds is 1. The maximum Gasteiger partial charge on any atom is -0.00130 e. The molecule has 0 aliphatic heterocycles. The molecular formula is C23H28. The molecule has 23 heavy (non-hydrogen) atoms. The highest BCUT2D eigenvalue weighted by molar-refractivity contribution is 5.85. The summed E-state index contributed by atoms with van der Waals surface area (Å²) in [7, 11) is 0. The summed E-state index contributed by atoms with van der Waals surface area (Å²) in [6, 6.07) is 11.7. The van der Waals surface area contributed by atoms with Crippen LogP contribution >= 0.6 is 0 Å². The Morgan fingerprint density at radius 2 is 1.43 bits per heavy atom. The SMILES string of the molecule is C=Cc1cc(C(C)(C)C)cc2c1-c1ccc(C(C)(C)C)cc1C2. The zero-order valence-corrected chi connectivity index (χ0v) is 15.4. The first-order chi connectivity index (χ1) is 10.6. The molecule has 3 rings (SSSR count). The van der Waals surface area contributed by atoms with Crippen LogP contribution < -0.4 is 0 Å². The third kappa shape index (κ3) is 2.76. The van der Waals surface area contributed by atoms with Crippen molar-refractivity contribution in [2.75, 3.05) is 0 Å². The Bertz CT molecular complexity index is 777. The average Bonchev–Trinajstić information content (AvgIpc) is 2.81. The first-order valence-corrected chi connectivity index (χ1v) is 8.55. The van der Waals surface area contributed by atoms with Crippen molar-refractivity contribution in [2.24, 2.45) is 0 Å². The van der Waals surface area contributed by atoms with Gasteiger partial charge in [-0.1, -0.05) is 84.5 Å². The van der Waals surface area contributed by atoms with E-state index in [9.17, 15) is 0 Å². The van der Waals surface area contributed by atoms with E-state index in [1.165, 1.54) is 38.9 Å². The van der Waals surface area contributed by atoms with Gasteiger partial charge in [0, 0.05) is 0 Å². The molecule has 0 spiro atoms. The van der Waals surface area contributed by atoms with Gasteiger partial charge in [0.2, 0.25) is 0 Å². The minimum atomic E-state index is 0.165. The molecule has 0 amide bonds. The highest BCUT2D eigenvalue weighted by Gasteiger charge is 2.26. The smallest absolute Gasteiger partial charge is 0.00130 e. The van der Waals surface area contributed by atoms with Crippen molar-refractivity contribution in [3.8, 4) is 11.1 Å². The summed E-state index contributed by atoms with van der Waals surface area (Å²) in [5.74, 6) is 0. The molecule has 1 aliphatic carbocycles. The summed E-state index contributed by atoms with van der Waals surface area (Å²) < 4.78 is 0. The summed E-state index contributed by atoms with van der Waals surface area (Å²) in [6.45, 7) is 17.7. The van der Waals surface area contributed by atoms with E-state index in [2.05, 4.69) is 78.5 Å². The van der Waals surface area contributed by atoms with E-state index < -0.39 is 0 Å². The van der Waals surface area contributed by atoms with Gasteiger partial charge < -0.3 is 0 Å². The molecule has 0 aromatic heterocycles. The fourth-order valence-corrected chi connectivity index (χ4v) is 3.44. The van der Waals surface area contributed by atoms with Crippen LogP contribution in [0.4, 0.5) is 0 Å². The highest BCUT2D eigenvalue weighted by atomic mass is 14.3. The van der Waals surface area contributed by atoms with E-state index >= 15 is 0 Å². The molecule has 0 saturated carbocycles. The average molecular weight is 304 g/mol. The molecule has 0 saturated heterocycles. The van der Waals surface area contributed by atoms with Gasteiger partial charge in [-0.2, -0.15) is 0 Å². The Morgan fingerprint density at radius 1 is 0.826 bits per heavy atom. The summed E-state index contributed by atoms with van der Waals surface area (Å²) in [6.07, 6.45) is 3.06. The molecule has 0 N–H and O–H groups in total. The lowest BCUT2D eigenvalue weighted by molar-refractivity contribution is 0.589. The molecule has 0 heterocycles. The molecule has 0 radical (unpaired) electrons. The van der Waals surface area contributed by atoms with Crippen molar-refractivity contribution < 1.29 is 0 Å². The second-order valence-electron chi connectivity index (χ2n) is 8.85. The topological polar surface area (TPSA) is 0 Å². The predicted molar refractivity (Wildman–Crippen MR) is 102 cm³/mol. The third-order valence-corrected chi connectivity index (χ3v) is 4.96. The van der Waals surface area contributed by atoms with Crippen molar-refractivity contribution in [2.45, 2.75) is 58.8 Å². The molecule has 1 aliphatic rings.